The van der Waals surface area contributed by atoms with Crippen LogP contribution in [0.25, 0.3) is 0 Å². The quantitative estimate of drug-likeness (QED) is 0.662. The van der Waals surface area contributed by atoms with Gasteiger partial charge in [-0.25, -0.2) is 0 Å². The molecule has 1 aliphatic rings. The Hall–Kier alpha value is -2.73. The third-order valence-electron chi connectivity index (χ3n) is 4.82. The highest BCUT2D eigenvalue weighted by atomic mass is 32.1. The van der Waals surface area contributed by atoms with Gasteiger partial charge in [0.05, 0.1) is 6.42 Å². The molecule has 0 atom stereocenters. The standard InChI is InChI=1S/C22H25N3O2S/c26-20(14-16-8-3-1-4-9-16)23-18-12-7-13-19(15-18)24-22(28)25-21(27)17-10-5-2-6-11-17/h1,3-4,7-9,12-13,15,17H,2,5-6,10-11,14H2,(H,23,26)(H2,24,25,27,28). The summed E-state index contributed by atoms with van der Waals surface area (Å²) in [4.78, 5) is 24.5. The van der Waals surface area contributed by atoms with E-state index >= 15 is 0 Å². The Labute approximate surface area is 170 Å². The number of anilines is 2. The van der Waals surface area contributed by atoms with Crippen LogP contribution >= 0.6 is 12.2 Å². The molecule has 0 unspecified atom stereocenters. The van der Waals surface area contributed by atoms with E-state index in [1.54, 1.807) is 6.07 Å². The second-order valence-electron chi connectivity index (χ2n) is 7.07. The molecule has 0 saturated heterocycles. The summed E-state index contributed by atoms with van der Waals surface area (Å²) in [6.45, 7) is 0. The Balaban J connectivity index is 1.51. The second-order valence-corrected chi connectivity index (χ2v) is 7.48. The van der Waals surface area contributed by atoms with Gasteiger partial charge < -0.3 is 16.0 Å². The highest BCUT2D eigenvalue weighted by molar-refractivity contribution is 7.80. The molecule has 0 spiro atoms. The smallest absolute Gasteiger partial charge is 0.229 e. The van der Waals surface area contributed by atoms with E-state index in [0.717, 1.165) is 31.2 Å². The van der Waals surface area contributed by atoms with Crippen LogP contribution in [0.3, 0.4) is 0 Å². The maximum atomic E-state index is 12.3. The van der Waals surface area contributed by atoms with Gasteiger partial charge in [0.1, 0.15) is 0 Å². The molecule has 2 aromatic carbocycles. The van der Waals surface area contributed by atoms with E-state index in [1.165, 1.54) is 6.42 Å². The van der Waals surface area contributed by atoms with E-state index in [9.17, 15) is 9.59 Å². The summed E-state index contributed by atoms with van der Waals surface area (Å²) in [7, 11) is 0. The van der Waals surface area contributed by atoms with Crippen LogP contribution in [0, 0.1) is 5.92 Å². The highest BCUT2D eigenvalue weighted by Crippen LogP contribution is 2.23. The van der Waals surface area contributed by atoms with Crippen molar-refractivity contribution < 1.29 is 9.59 Å². The SMILES string of the molecule is O=C(Cc1ccccc1)Nc1cccc(NC(=S)NC(=O)C2CCCCC2)c1. The lowest BCUT2D eigenvalue weighted by Gasteiger charge is -2.21. The average molecular weight is 396 g/mol. The van der Waals surface area contributed by atoms with Gasteiger partial charge in [-0.1, -0.05) is 55.7 Å². The molecular formula is C22H25N3O2S. The minimum atomic E-state index is -0.0865. The van der Waals surface area contributed by atoms with Crippen LogP contribution in [-0.2, 0) is 16.0 Å². The van der Waals surface area contributed by atoms with Crippen molar-refractivity contribution in [3.8, 4) is 0 Å². The molecule has 0 heterocycles. The van der Waals surface area contributed by atoms with Crippen molar-refractivity contribution in [3.05, 3.63) is 60.2 Å². The molecule has 1 saturated carbocycles. The normalized spacial score (nSPS) is 14.1. The van der Waals surface area contributed by atoms with E-state index in [2.05, 4.69) is 16.0 Å². The lowest BCUT2D eigenvalue weighted by Crippen LogP contribution is -2.39. The lowest BCUT2D eigenvalue weighted by molar-refractivity contribution is -0.124. The van der Waals surface area contributed by atoms with Crippen molar-refractivity contribution in [2.45, 2.75) is 38.5 Å². The Morgan fingerprint density at radius 3 is 2.29 bits per heavy atom. The van der Waals surface area contributed by atoms with E-state index in [1.807, 2.05) is 48.5 Å². The average Bonchev–Trinajstić information content (AvgIpc) is 2.69. The molecule has 0 aromatic heterocycles. The molecule has 3 rings (SSSR count). The number of carbonyl (C=O) groups is 2. The molecule has 1 fully saturated rings. The fourth-order valence-corrected chi connectivity index (χ4v) is 3.62. The van der Waals surface area contributed by atoms with Crippen molar-refractivity contribution in [1.82, 2.24) is 5.32 Å². The number of amides is 2. The number of carbonyl (C=O) groups excluding carboxylic acids is 2. The highest BCUT2D eigenvalue weighted by Gasteiger charge is 2.21. The first-order chi connectivity index (χ1) is 13.6. The fraction of sp³-hybridized carbons (Fsp3) is 0.318. The molecule has 1 aliphatic carbocycles. The molecule has 3 N–H and O–H groups in total. The summed E-state index contributed by atoms with van der Waals surface area (Å²) in [6.07, 6.45) is 5.57. The van der Waals surface area contributed by atoms with E-state index in [0.29, 0.717) is 17.8 Å². The minimum absolute atomic E-state index is 0.00971. The number of nitrogens with one attached hydrogen (secondary N) is 3. The van der Waals surface area contributed by atoms with Crippen molar-refractivity contribution in [2.75, 3.05) is 10.6 Å². The molecule has 0 bridgehead atoms. The number of benzene rings is 2. The fourth-order valence-electron chi connectivity index (χ4n) is 3.40. The second kappa shape index (κ2) is 9.99. The zero-order valence-corrected chi connectivity index (χ0v) is 16.6. The summed E-state index contributed by atoms with van der Waals surface area (Å²) in [5, 5.41) is 8.98. The number of rotatable bonds is 5. The first kappa shape index (κ1) is 20.0. The first-order valence-electron chi connectivity index (χ1n) is 9.66. The van der Waals surface area contributed by atoms with Crippen LogP contribution in [0.1, 0.15) is 37.7 Å². The summed E-state index contributed by atoms with van der Waals surface area (Å²) in [5.41, 5.74) is 2.35. The third kappa shape index (κ3) is 6.16. The van der Waals surface area contributed by atoms with E-state index in [-0.39, 0.29) is 22.8 Å². The van der Waals surface area contributed by atoms with Crippen molar-refractivity contribution >= 4 is 40.5 Å². The summed E-state index contributed by atoms with van der Waals surface area (Å²) in [6, 6.07) is 16.9. The zero-order chi connectivity index (χ0) is 19.8. The number of hydrogen-bond donors (Lipinski definition) is 3. The minimum Gasteiger partial charge on any atom is -0.332 e. The molecule has 2 aromatic rings. The van der Waals surface area contributed by atoms with E-state index < -0.39 is 0 Å². The van der Waals surface area contributed by atoms with Crippen LogP contribution in [0.4, 0.5) is 11.4 Å². The number of hydrogen-bond acceptors (Lipinski definition) is 3. The largest absolute Gasteiger partial charge is 0.332 e. The number of thiocarbonyl (C=S) groups is 1. The lowest BCUT2D eigenvalue weighted by atomic mass is 9.89. The van der Waals surface area contributed by atoms with Crippen LogP contribution < -0.4 is 16.0 Å². The van der Waals surface area contributed by atoms with Gasteiger partial charge >= 0.3 is 0 Å². The van der Waals surface area contributed by atoms with Crippen LogP contribution in [-0.4, -0.2) is 16.9 Å². The monoisotopic (exact) mass is 395 g/mol. The van der Waals surface area contributed by atoms with Crippen LogP contribution in [0.2, 0.25) is 0 Å². The Morgan fingerprint density at radius 2 is 1.57 bits per heavy atom. The van der Waals surface area contributed by atoms with Crippen molar-refractivity contribution in [1.29, 1.82) is 0 Å². The summed E-state index contributed by atoms with van der Waals surface area (Å²) < 4.78 is 0. The van der Waals surface area contributed by atoms with E-state index in [4.69, 9.17) is 12.2 Å². The predicted octanol–water partition coefficient (Wildman–Crippen LogP) is 4.26. The molecule has 6 heteroatoms. The van der Waals surface area contributed by atoms with Gasteiger partial charge in [0, 0.05) is 17.3 Å². The van der Waals surface area contributed by atoms with Gasteiger partial charge in [0.2, 0.25) is 11.8 Å². The molecular weight excluding hydrogens is 370 g/mol. The molecule has 5 nitrogen and oxygen atoms in total. The molecule has 0 radical (unpaired) electrons. The maximum Gasteiger partial charge on any atom is 0.229 e. The summed E-state index contributed by atoms with van der Waals surface area (Å²) >= 11 is 5.27. The Morgan fingerprint density at radius 1 is 0.893 bits per heavy atom. The Bertz CT molecular complexity index is 833. The van der Waals surface area contributed by atoms with Crippen LogP contribution in [0.15, 0.2) is 54.6 Å². The van der Waals surface area contributed by atoms with Gasteiger partial charge in [-0.15, -0.1) is 0 Å². The molecule has 0 aliphatic heterocycles. The molecule has 28 heavy (non-hydrogen) atoms. The zero-order valence-electron chi connectivity index (χ0n) is 15.7. The van der Waals surface area contributed by atoms with Crippen molar-refractivity contribution in [3.63, 3.8) is 0 Å². The van der Waals surface area contributed by atoms with Gasteiger partial charge in [-0.2, -0.15) is 0 Å². The van der Waals surface area contributed by atoms with Gasteiger partial charge in [-0.05, 0) is 48.8 Å². The summed E-state index contributed by atoms with van der Waals surface area (Å²) in [5.74, 6) is -0.0434. The van der Waals surface area contributed by atoms with Crippen LogP contribution in [0.5, 0.6) is 0 Å². The molecule has 146 valence electrons. The van der Waals surface area contributed by atoms with Gasteiger partial charge in [0.25, 0.3) is 0 Å². The maximum absolute atomic E-state index is 12.3. The Kier molecular flexibility index (Phi) is 7.14. The first-order valence-corrected chi connectivity index (χ1v) is 10.1. The van der Waals surface area contributed by atoms with Gasteiger partial charge in [-0.3, -0.25) is 9.59 Å². The van der Waals surface area contributed by atoms with Crippen molar-refractivity contribution in [2.24, 2.45) is 5.92 Å². The van der Waals surface area contributed by atoms with Gasteiger partial charge in [0.15, 0.2) is 5.11 Å². The predicted molar refractivity (Wildman–Crippen MR) is 116 cm³/mol. The third-order valence-corrected chi connectivity index (χ3v) is 5.03. The molecule has 2 amide bonds. The topological polar surface area (TPSA) is 70.2 Å².